The largest absolute Gasteiger partial charge is 0.368 e. The molecule has 182 valence electrons. The molecule has 9 heteroatoms. The predicted octanol–water partition coefficient (Wildman–Crippen LogP) is 3.99. The monoisotopic (exact) mass is 507 g/mol. The van der Waals surface area contributed by atoms with Gasteiger partial charge in [0.25, 0.3) is 11.5 Å². The van der Waals surface area contributed by atoms with E-state index >= 15 is 0 Å². The van der Waals surface area contributed by atoms with E-state index in [4.69, 9.17) is 12.2 Å². The summed E-state index contributed by atoms with van der Waals surface area (Å²) >= 11 is 6.57. The van der Waals surface area contributed by atoms with Gasteiger partial charge in [0, 0.05) is 51.0 Å². The van der Waals surface area contributed by atoms with Crippen LogP contribution in [0.5, 0.6) is 0 Å². The minimum Gasteiger partial charge on any atom is -0.368 e. The maximum absolute atomic E-state index is 13.4. The Balaban J connectivity index is 1.81. The number of thioether (sulfide) groups is 1. The zero-order valence-corrected chi connectivity index (χ0v) is 21.9. The Morgan fingerprint density at radius 2 is 1.77 bits per heavy atom. The van der Waals surface area contributed by atoms with Crippen LogP contribution in [-0.2, 0) is 11.3 Å². The van der Waals surface area contributed by atoms with Crippen LogP contribution >= 0.6 is 24.0 Å². The van der Waals surface area contributed by atoms with Gasteiger partial charge in [0.2, 0.25) is 0 Å². The highest BCUT2D eigenvalue weighted by Crippen LogP contribution is 2.35. The number of piperazine rings is 1. The van der Waals surface area contributed by atoms with Crippen molar-refractivity contribution in [1.82, 2.24) is 9.47 Å². The average Bonchev–Trinajstić information content (AvgIpc) is 3.12. The molecule has 0 unspecified atom stereocenters. The Kier molecular flexibility index (Phi) is 7.63. The highest BCUT2D eigenvalue weighted by molar-refractivity contribution is 8.26. The van der Waals surface area contributed by atoms with Crippen LogP contribution in [0.1, 0.15) is 36.5 Å². The fourth-order valence-electron chi connectivity index (χ4n) is 4.50. The van der Waals surface area contributed by atoms with Crippen molar-refractivity contribution >= 4 is 51.8 Å². The first-order valence-electron chi connectivity index (χ1n) is 11.8. The lowest BCUT2D eigenvalue weighted by molar-refractivity contribution is -0.121. The molecular weight excluding hydrogens is 478 g/mol. The third kappa shape index (κ3) is 4.86. The summed E-state index contributed by atoms with van der Waals surface area (Å²) in [4.78, 5) is 32.7. The summed E-state index contributed by atoms with van der Waals surface area (Å²) in [6.07, 6.45) is 3.56. The van der Waals surface area contributed by atoms with E-state index in [1.54, 1.807) is 18.5 Å². The molecule has 4 rings (SSSR count). The highest BCUT2D eigenvalue weighted by atomic mass is 32.2. The summed E-state index contributed by atoms with van der Waals surface area (Å²) in [5.74, 6) is 0.623. The summed E-state index contributed by atoms with van der Waals surface area (Å²) in [6.45, 7) is 7.46. The van der Waals surface area contributed by atoms with Gasteiger partial charge in [-0.2, -0.15) is 5.26 Å². The molecule has 0 saturated carbocycles. The standard InChI is InChI=1S/C26H29N5O2S2/c1-4-5-11-31-23(30-14-12-29(13-15-30)19-9-7-6-8-10-19)20(18(2)21(17-27)24(31)32)16-22-25(33)28(3)26(34)35-22/h6-10,16H,4-5,11-15H2,1-3H3/b22-16+. The number of para-hydroxylation sites is 1. The van der Waals surface area contributed by atoms with Gasteiger partial charge in [-0.1, -0.05) is 55.5 Å². The van der Waals surface area contributed by atoms with E-state index in [2.05, 4.69) is 34.9 Å². The molecule has 2 saturated heterocycles. The number of thiocarbonyl (C=S) groups is 1. The van der Waals surface area contributed by atoms with Gasteiger partial charge in [0.1, 0.15) is 21.8 Å². The first-order chi connectivity index (χ1) is 16.9. The molecule has 2 aliphatic rings. The van der Waals surface area contributed by atoms with Gasteiger partial charge in [0.15, 0.2) is 0 Å². The summed E-state index contributed by atoms with van der Waals surface area (Å²) in [7, 11) is 1.66. The summed E-state index contributed by atoms with van der Waals surface area (Å²) < 4.78 is 2.24. The normalized spacial score (nSPS) is 17.4. The van der Waals surface area contributed by atoms with E-state index < -0.39 is 0 Å². The maximum atomic E-state index is 13.4. The number of amides is 1. The van der Waals surface area contributed by atoms with Gasteiger partial charge in [-0.05, 0) is 37.1 Å². The molecular formula is C26H29N5O2S2. The van der Waals surface area contributed by atoms with Gasteiger partial charge >= 0.3 is 0 Å². The van der Waals surface area contributed by atoms with E-state index in [9.17, 15) is 14.9 Å². The molecule has 1 amide bonds. The fraction of sp³-hybridized carbons (Fsp3) is 0.385. The molecule has 2 fully saturated rings. The first kappa shape index (κ1) is 25.0. The van der Waals surface area contributed by atoms with Gasteiger partial charge in [-0.15, -0.1) is 0 Å². The van der Waals surface area contributed by atoms with Crippen LogP contribution in [0.3, 0.4) is 0 Å². The van der Waals surface area contributed by atoms with Crippen molar-refractivity contribution in [3.8, 4) is 6.07 Å². The Bertz CT molecular complexity index is 1270. The van der Waals surface area contributed by atoms with Gasteiger partial charge in [-0.3, -0.25) is 19.1 Å². The van der Waals surface area contributed by atoms with Crippen LogP contribution in [0.25, 0.3) is 6.08 Å². The number of pyridine rings is 1. The minimum absolute atomic E-state index is 0.131. The number of carbonyl (C=O) groups excluding carboxylic acids is 1. The van der Waals surface area contributed by atoms with Crippen molar-refractivity contribution in [3.05, 3.63) is 62.3 Å². The molecule has 0 atom stereocenters. The molecule has 7 nitrogen and oxygen atoms in total. The van der Waals surface area contributed by atoms with Crippen molar-refractivity contribution in [2.24, 2.45) is 0 Å². The number of rotatable bonds is 6. The third-order valence-electron chi connectivity index (χ3n) is 6.54. The van der Waals surface area contributed by atoms with E-state index in [1.165, 1.54) is 22.3 Å². The number of nitriles is 1. The van der Waals surface area contributed by atoms with Crippen molar-refractivity contribution in [2.45, 2.75) is 33.2 Å². The zero-order chi connectivity index (χ0) is 25.1. The SMILES string of the molecule is CCCCn1c(N2CCN(c3ccccc3)CC2)c(/C=C2/SC(=S)N(C)C2=O)c(C)c(C#N)c1=O. The van der Waals surface area contributed by atoms with Gasteiger partial charge < -0.3 is 9.80 Å². The molecule has 1 aromatic carbocycles. The second-order valence-electron chi connectivity index (χ2n) is 8.71. The van der Waals surface area contributed by atoms with Crippen molar-refractivity contribution in [1.29, 1.82) is 5.26 Å². The van der Waals surface area contributed by atoms with E-state index in [0.717, 1.165) is 50.4 Å². The van der Waals surface area contributed by atoms with Crippen LogP contribution in [0.4, 0.5) is 11.5 Å². The Morgan fingerprint density at radius 3 is 2.34 bits per heavy atom. The summed E-state index contributed by atoms with van der Waals surface area (Å²) in [5, 5.41) is 9.83. The van der Waals surface area contributed by atoms with Crippen molar-refractivity contribution < 1.29 is 4.79 Å². The smallest absolute Gasteiger partial charge is 0.270 e. The van der Waals surface area contributed by atoms with Gasteiger partial charge in [-0.25, -0.2) is 0 Å². The Labute approximate surface area is 215 Å². The number of aromatic nitrogens is 1. The lowest BCUT2D eigenvalue weighted by atomic mass is 10.0. The number of nitrogens with zero attached hydrogens (tertiary/aromatic N) is 5. The number of hydrogen-bond donors (Lipinski definition) is 0. The second-order valence-corrected chi connectivity index (χ2v) is 10.4. The van der Waals surface area contributed by atoms with E-state index in [1.807, 2.05) is 24.3 Å². The number of anilines is 2. The van der Waals surface area contributed by atoms with E-state index in [-0.39, 0.29) is 17.0 Å². The van der Waals surface area contributed by atoms with Crippen molar-refractivity contribution in [2.75, 3.05) is 43.0 Å². The van der Waals surface area contributed by atoms with Gasteiger partial charge in [0.05, 0.1) is 4.91 Å². The zero-order valence-electron chi connectivity index (χ0n) is 20.3. The van der Waals surface area contributed by atoms with Crippen LogP contribution in [-0.4, -0.2) is 52.9 Å². The number of benzene rings is 1. The molecule has 0 radical (unpaired) electrons. The molecule has 35 heavy (non-hydrogen) atoms. The first-order valence-corrected chi connectivity index (χ1v) is 13.0. The third-order valence-corrected chi connectivity index (χ3v) is 8.03. The molecule has 1 aromatic heterocycles. The van der Waals surface area contributed by atoms with Crippen LogP contribution in [0, 0.1) is 18.3 Å². The molecule has 2 aliphatic heterocycles. The molecule has 3 heterocycles. The lowest BCUT2D eigenvalue weighted by Crippen LogP contribution is -2.48. The Morgan fingerprint density at radius 1 is 1.11 bits per heavy atom. The quantitative estimate of drug-likeness (QED) is 0.432. The second kappa shape index (κ2) is 10.7. The van der Waals surface area contributed by atoms with Crippen LogP contribution in [0.15, 0.2) is 40.0 Å². The topological polar surface area (TPSA) is 72.6 Å². The maximum Gasteiger partial charge on any atom is 0.270 e. The molecule has 0 bridgehead atoms. The summed E-state index contributed by atoms with van der Waals surface area (Å²) in [5.41, 5.74) is 2.40. The van der Waals surface area contributed by atoms with Crippen molar-refractivity contribution in [3.63, 3.8) is 0 Å². The van der Waals surface area contributed by atoms with Crippen LogP contribution in [0.2, 0.25) is 0 Å². The number of likely N-dealkylation sites (N-methyl/N-ethyl adjacent to an activating group) is 1. The van der Waals surface area contributed by atoms with E-state index in [0.29, 0.717) is 21.3 Å². The lowest BCUT2D eigenvalue weighted by Gasteiger charge is -2.39. The summed E-state index contributed by atoms with van der Waals surface area (Å²) in [6, 6.07) is 12.4. The highest BCUT2D eigenvalue weighted by Gasteiger charge is 2.31. The Hall–Kier alpha value is -3.09. The number of unbranched alkanes of at least 4 members (excludes halogenated alkanes) is 1. The molecule has 2 aromatic rings. The minimum atomic E-state index is -0.265. The number of carbonyl (C=O) groups is 1. The predicted molar refractivity (Wildman–Crippen MR) is 147 cm³/mol. The molecule has 0 aliphatic carbocycles. The average molecular weight is 508 g/mol. The molecule has 0 spiro atoms. The fourth-order valence-corrected chi connectivity index (χ4v) is 5.66. The van der Waals surface area contributed by atoms with Crippen LogP contribution < -0.4 is 15.4 Å². The molecule has 0 N–H and O–H groups in total. The number of hydrogen-bond acceptors (Lipinski definition) is 7.